The molecule has 0 spiro atoms. The Labute approximate surface area is 89.0 Å². The van der Waals surface area contributed by atoms with Crippen LogP contribution in [0.5, 0.6) is 0 Å². The summed E-state index contributed by atoms with van der Waals surface area (Å²) in [6, 6.07) is 3.80. The van der Waals surface area contributed by atoms with Gasteiger partial charge in [-0.2, -0.15) is 3.94 Å². The molecule has 0 N–H and O–H groups in total. The van der Waals surface area contributed by atoms with E-state index in [0.29, 0.717) is 5.69 Å². The van der Waals surface area contributed by atoms with Crippen molar-refractivity contribution < 1.29 is 4.92 Å². The lowest BCUT2D eigenvalue weighted by Crippen LogP contribution is -1.94. The van der Waals surface area contributed by atoms with Gasteiger partial charge in [-0.25, -0.2) is 0 Å². The molecular formula is C6H3Cl3N2O2. The van der Waals surface area contributed by atoms with Crippen molar-refractivity contribution in [3.63, 3.8) is 0 Å². The number of non-ortho nitro benzene ring substituents is 1. The van der Waals surface area contributed by atoms with Gasteiger partial charge in [-0.05, 0) is 6.07 Å². The molecule has 0 saturated carbocycles. The summed E-state index contributed by atoms with van der Waals surface area (Å²) >= 11 is 16.4. The van der Waals surface area contributed by atoms with Gasteiger partial charge in [0.1, 0.15) is 0 Å². The fourth-order valence-corrected chi connectivity index (χ4v) is 1.39. The van der Waals surface area contributed by atoms with Crippen molar-refractivity contribution >= 4 is 46.5 Å². The van der Waals surface area contributed by atoms with E-state index < -0.39 is 4.92 Å². The highest BCUT2D eigenvalue weighted by Gasteiger charge is 2.11. The van der Waals surface area contributed by atoms with Crippen LogP contribution in [0.1, 0.15) is 0 Å². The van der Waals surface area contributed by atoms with Crippen LogP contribution in [0.2, 0.25) is 5.02 Å². The molecule has 0 saturated heterocycles. The fraction of sp³-hybridized carbons (Fsp3) is 0. The van der Waals surface area contributed by atoms with Crippen LogP contribution in [0, 0.1) is 10.1 Å². The van der Waals surface area contributed by atoms with Crippen molar-refractivity contribution in [3.05, 3.63) is 33.3 Å². The maximum absolute atomic E-state index is 10.3. The van der Waals surface area contributed by atoms with E-state index in [1.807, 2.05) is 0 Å². The van der Waals surface area contributed by atoms with Gasteiger partial charge in [0, 0.05) is 35.7 Å². The van der Waals surface area contributed by atoms with Crippen LogP contribution in [0.25, 0.3) is 0 Å². The maximum atomic E-state index is 10.3. The van der Waals surface area contributed by atoms with Crippen molar-refractivity contribution in [2.24, 2.45) is 0 Å². The van der Waals surface area contributed by atoms with Crippen LogP contribution < -0.4 is 3.94 Å². The summed E-state index contributed by atoms with van der Waals surface area (Å²) < 4.78 is 0.742. The molecule has 0 unspecified atom stereocenters. The van der Waals surface area contributed by atoms with Gasteiger partial charge in [-0.3, -0.25) is 10.1 Å². The number of hydrogen-bond acceptors (Lipinski definition) is 3. The molecular weight excluding hydrogens is 238 g/mol. The van der Waals surface area contributed by atoms with E-state index in [4.69, 9.17) is 35.2 Å². The van der Waals surface area contributed by atoms with Gasteiger partial charge in [0.25, 0.3) is 5.69 Å². The SMILES string of the molecule is O=[N+]([O-])c1ccc(N(Cl)Cl)c(Cl)c1. The third kappa shape index (κ3) is 2.37. The summed E-state index contributed by atoms with van der Waals surface area (Å²) in [6.07, 6.45) is 0. The number of hydrogen-bond donors (Lipinski definition) is 0. The number of benzene rings is 1. The van der Waals surface area contributed by atoms with Crippen LogP contribution in [-0.4, -0.2) is 4.92 Å². The molecule has 0 amide bonds. The topological polar surface area (TPSA) is 46.4 Å². The summed E-state index contributed by atoms with van der Waals surface area (Å²) in [5.74, 6) is 0. The monoisotopic (exact) mass is 240 g/mol. The smallest absolute Gasteiger partial charge is 0.258 e. The summed E-state index contributed by atoms with van der Waals surface area (Å²) in [5, 5.41) is 10.4. The van der Waals surface area contributed by atoms with Crippen molar-refractivity contribution in [1.29, 1.82) is 0 Å². The number of nitro benzene ring substituents is 1. The van der Waals surface area contributed by atoms with Crippen molar-refractivity contribution in [2.75, 3.05) is 3.94 Å². The summed E-state index contributed by atoms with van der Waals surface area (Å²) in [5.41, 5.74) is 0.194. The third-order valence-electron chi connectivity index (χ3n) is 1.32. The average molecular weight is 241 g/mol. The lowest BCUT2D eigenvalue weighted by Gasteiger charge is -2.06. The van der Waals surface area contributed by atoms with Crippen molar-refractivity contribution in [1.82, 2.24) is 0 Å². The highest BCUT2D eigenvalue weighted by molar-refractivity contribution is 6.51. The number of nitrogens with zero attached hydrogens (tertiary/aromatic N) is 2. The molecule has 13 heavy (non-hydrogen) atoms. The Balaban J connectivity index is 3.13. The predicted octanol–water partition coefficient (Wildman–Crippen LogP) is 3.36. The van der Waals surface area contributed by atoms with Crippen LogP contribution in [0.4, 0.5) is 11.4 Å². The fourth-order valence-electron chi connectivity index (χ4n) is 0.746. The Hall–Kier alpha value is -0.710. The summed E-state index contributed by atoms with van der Waals surface area (Å²) in [7, 11) is 0. The van der Waals surface area contributed by atoms with Gasteiger partial charge >= 0.3 is 0 Å². The molecule has 4 nitrogen and oxygen atoms in total. The van der Waals surface area contributed by atoms with Gasteiger partial charge in [-0.15, -0.1) is 0 Å². The van der Waals surface area contributed by atoms with Gasteiger partial charge in [-0.1, -0.05) is 11.6 Å². The zero-order valence-electron chi connectivity index (χ0n) is 6.08. The van der Waals surface area contributed by atoms with Crippen LogP contribution in [0.3, 0.4) is 0 Å². The molecule has 1 aromatic rings. The van der Waals surface area contributed by atoms with E-state index in [-0.39, 0.29) is 10.7 Å². The Morgan fingerprint density at radius 3 is 2.38 bits per heavy atom. The first-order valence-corrected chi connectivity index (χ1v) is 4.13. The predicted molar refractivity (Wildman–Crippen MR) is 52.3 cm³/mol. The number of halogens is 3. The van der Waals surface area contributed by atoms with E-state index >= 15 is 0 Å². The second-order valence-corrected chi connectivity index (χ2v) is 3.38. The standard InChI is InChI=1S/C6H3Cl3N2O2/c7-5-3-4(11(12)13)1-2-6(5)10(8)9/h1-3H. The highest BCUT2D eigenvalue weighted by atomic mass is 35.5. The quantitative estimate of drug-likeness (QED) is 0.453. The largest absolute Gasteiger partial charge is 0.271 e. The number of nitro groups is 1. The van der Waals surface area contributed by atoms with Crippen molar-refractivity contribution in [2.45, 2.75) is 0 Å². The molecule has 0 aliphatic rings. The van der Waals surface area contributed by atoms with Gasteiger partial charge in [0.05, 0.1) is 15.6 Å². The average Bonchev–Trinajstić information content (AvgIpc) is 2.03. The molecule has 1 rings (SSSR count). The molecule has 1 aromatic carbocycles. The molecule has 0 radical (unpaired) electrons. The van der Waals surface area contributed by atoms with E-state index in [0.717, 1.165) is 3.94 Å². The minimum absolute atomic E-state index is 0.107. The molecule has 0 heterocycles. The van der Waals surface area contributed by atoms with Crippen LogP contribution >= 0.6 is 35.2 Å². The molecule has 0 bridgehead atoms. The third-order valence-corrected chi connectivity index (χ3v) is 1.99. The van der Waals surface area contributed by atoms with E-state index in [1.54, 1.807) is 0 Å². The lowest BCUT2D eigenvalue weighted by molar-refractivity contribution is -0.384. The van der Waals surface area contributed by atoms with Gasteiger partial charge in [0.15, 0.2) is 0 Å². The molecule has 7 heteroatoms. The van der Waals surface area contributed by atoms with Gasteiger partial charge in [0.2, 0.25) is 0 Å². The molecule has 0 fully saturated rings. The zero-order valence-corrected chi connectivity index (χ0v) is 8.34. The molecule has 0 aliphatic carbocycles. The summed E-state index contributed by atoms with van der Waals surface area (Å²) in [6.45, 7) is 0. The van der Waals surface area contributed by atoms with Gasteiger partial charge < -0.3 is 0 Å². The lowest BCUT2D eigenvalue weighted by atomic mass is 10.3. The zero-order chi connectivity index (χ0) is 10.0. The van der Waals surface area contributed by atoms with E-state index in [9.17, 15) is 10.1 Å². The first-order chi connectivity index (χ1) is 6.02. The van der Waals surface area contributed by atoms with Crippen LogP contribution in [-0.2, 0) is 0 Å². The van der Waals surface area contributed by atoms with Crippen molar-refractivity contribution in [3.8, 4) is 0 Å². The van der Waals surface area contributed by atoms with Crippen LogP contribution in [0.15, 0.2) is 18.2 Å². The number of anilines is 1. The van der Waals surface area contributed by atoms with E-state index in [1.165, 1.54) is 18.2 Å². The second kappa shape index (κ2) is 4.00. The molecule has 0 aromatic heterocycles. The first kappa shape index (κ1) is 10.4. The first-order valence-electron chi connectivity index (χ1n) is 3.08. The summed E-state index contributed by atoms with van der Waals surface area (Å²) in [4.78, 5) is 9.75. The maximum Gasteiger partial charge on any atom is 0.271 e. The second-order valence-electron chi connectivity index (χ2n) is 2.13. The normalized spacial score (nSPS) is 9.77. The highest BCUT2D eigenvalue weighted by Crippen LogP contribution is 2.31. The minimum Gasteiger partial charge on any atom is -0.258 e. The molecule has 0 aliphatic heterocycles. The Kier molecular flexibility index (Phi) is 3.19. The molecule has 0 atom stereocenters. The molecule has 70 valence electrons. The Bertz CT molecular complexity index is 343. The minimum atomic E-state index is -0.553. The Morgan fingerprint density at radius 1 is 1.38 bits per heavy atom. The van der Waals surface area contributed by atoms with E-state index in [2.05, 4.69) is 0 Å². The number of rotatable bonds is 2. The Morgan fingerprint density at radius 2 is 2.00 bits per heavy atom.